The Hall–Kier alpha value is -0.880. The van der Waals surface area contributed by atoms with Gasteiger partial charge in [-0.3, -0.25) is 0 Å². The minimum Gasteiger partial charge on any atom is -0.472 e. The van der Waals surface area contributed by atoms with Crippen molar-refractivity contribution in [2.24, 2.45) is 0 Å². The molecule has 0 bridgehead atoms. The van der Waals surface area contributed by atoms with Gasteiger partial charge in [0.25, 0.3) is 0 Å². The van der Waals surface area contributed by atoms with E-state index in [1.807, 2.05) is 12.1 Å². The lowest BCUT2D eigenvalue weighted by Gasteiger charge is -2.19. The Kier molecular flexibility index (Phi) is 4.77. The first-order valence-electron chi connectivity index (χ1n) is 5.92. The number of hydrogen-bond acceptors (Lipinski definition) is 2. The smallest absolute Gasteiger partial charge is 0.124 e. The summed E-state index contributed by atoms with van der Waals surface area (Å²) in [4.78, 5) is 0. The average molecular weight is 359 g/mol. The van der Waals surface area contributed by atoms with E-state index in [1.165, 1.54) is 6.07 Å². The van der Waals surface area contributed by atoms with Crippen LogP contribution in [0.1, 0.15) is 30.5 Å². The van der Waals surface area contributed by atoms with Crippen molar-refractivity contribution in [2.45, 2.75) is 19.4 Å². The zero-order valence-electron chi connectivity index (χ0n) is 10.1. The van der Waals surface area contributed by atoms with Crippen LogP contribution in [0.4, 0.5) is 4.39 Å². The molecule has 1 unspecified atom stereocenters. The van der Waals surface area contributed by atoms with Crippen LogP contribution in [-0.2, 0) is 0 Å². The van der Waals surface area contributed by atoms with E-state index >= 15 is 0 Å². The van der Waals surface area contributed by atoms with Crippen molar-refractivity contribution in [1.29, 1.82) is 0 Å². The monoisotopic (exact) mass is 359 g/mol. The number of halogens is 2. The SMILES string of the molecule is CCCNC(c1ccoc1)c1ccc(F)cc1I. The zero-order chi connectivity index (χ0) is 13.0. The largest absolute Gasteiger partial charge is 0.472 e. The fourth-order valence-electron chi connectivity index (χ4n) is 1.87. The summed E-state index contributed by atoms with van der Waals surface area (Å²) in [5.74, 6) is -0.204. The Morgan fingerprint density at radius 3 is 2.83 bits per heavy atom. The predicted octanol–water partition coefficient (Wildman–Crippen LogP) is 4.11. The normalized spacial score (nSPS) is 12.6. The molecule has 0 aliphatic heterocycles. The van der Waals surface area contributed by atoms with Crippen molar-refractivity contribution in [3.63, 3.8) is 0 Å². The molecule has 1 N–H and O–H groups in total. The number of nitrogens with one attached hydrogen (secondary N) is 1. The molecule has 0 spiro atoms. The van der Waals surface area contributed by atoms with Gasteiger partial charge in [-0.15, -0.1) is 0 Å². The zero-order valence-corrected chi connectivity index (χ0v) is 12.3. The van der Waals surface area contributed by atoms with Crippen LogP contribution in [0, 0.1) is 9.39 Å². The van der Waals surface area contributed by atoms with Crippen molar-refractivity contribution in [3.8, 4) is 0 Å². The Labute approximate surface area is 120 Å². The van der Waals surface area contributed by atoms with Gasteiger partial charge in [0.1, 0.15) is 5.82 Å². The summed E-state index contributed by atoms with van der Waals surface area (Å²) in [6.45, 7) is 3.03. The minimum atomic E-state index is -0.204. The van der Waals surface area contributed by atoms with E-state index < -0.39 is 0 Å². The molecule has 1 atom stereocenters. The van der Waals surface area contributed by atoms with Gasteiger partial charge < -0.3 is 9.73 Å². The number of rotatable bonds is 5. The molecular weight excluding hydrogens is 344 g/mol. The molecule has 0 saturated heterocycles. The van der Waals surface area contributed by atoms with Gasteiger partial charge in [0.15, 0.2) is 0 Å². The molecule has 4 heteroatoms. The third-order valence-corrected chi connectivity index (χ3v) is 3.68. The van der Waals surface area contributed by atoms with E-state index in [2.05, 4.69) is 34.8 Å². The molecule has 96 valence electrons. The van der Waals surface area contributed by atoms with E-state index in [4.69, 9.17) is 4.42 Å². The van der Waals surface area contributed by atoms with Crippen molar-refractivity contribution in [2.75, 3.05) is 6.54 Å². The van der Waals surface area contributed by atoms with Gasteiger partial charge >= 0.3 is 0 Å². The molecule has 2 aromatic rings. The molecule has 18 heavy (non-hydrogen) atoms. The maximum absolute atomic E-state index is 13.2. The first kappa shape index (κ1) is 13.5. The van der Waals surface area contributed by atoms with E-state index in [9.17, 15) is 4.39 Å². The van der Waals surface area contributed by atoms with Crippen LogP contribution in [0.2, 0.25) is 0 Å². The van der Waals surface area contributed by atoms with Gasteiger partial charge in [-0.05, 0) is 59.3 Å². The van der Waals surface area contributed by atoms with Gasteiger partial charge in [-0.2, -0.15) is 0 Å². The third-order valence-electron chi connectivity index (χ3n) is 2.75. The molecule has 2 rings (SSSR count). The molecule has 0 saturated carbocycles. The van der Waals surface area contributed by atoms with Crippen LogP contribution in [0.5, 0.6) is 0 Å². The molecule has 0 aliphatic rings. The molecule has 1 aromatic heterocycles. The summed E-state index contributed by atoms with van der Waals surface area (Å²) in [6, 6.07) is 6.87. The predicted molar refractivity (Wildman–Crippen MR) is 78.0 cm³/mol. The Balaban J connectivity index is 2.33. The van der Waals surface area contributed by atoms with Crippen molar-refractivity contribution in [3.05, 3.63) is 57.3 Å². The van der Waals surface area contributed by atoms with E-state index in [0.717, 1.165) is 27.7 Å². The summed E-state index contributed by atoms with van der Waals surface area (Å²) in [5, 5.41) is 3.46. The molecule has 2 nitrogen and oxygen atoms in total. The lowest BCUT2D eigenvalue weighted by molar-refractivity contribution is 0.547. The second kappa shape index (κ2) is 6.33. The molecule has 1 aromatic carbocycles. The fraction of sp³-hybridized carbons (Fsp3) is 0.286. The summed E-state index contributed by atoms with van der Waals surface area (Å²) in [7, 11) is 0. The Morgan fingerprint density at radius 1 is 1.39 bits per heavy atom. The number of furan rings is 1. The van der Waals surface area contributed by atoms with Crippen LogP contribution in [0.25, 0.3) is 0 Å². The highest BCUT2D eigenvalue weighted by molar-refractivity contribution is 14.1. The molecule has 1 heterocycles. The topological polar surface area (TPSA) is 25.2 Å². The van der Waals surface area contributed by atoms with E-state index in [-0.39, 0.29) is 11.9 Å². The van der Waals surface area contributed by atoms with Crippen molar-refractivity contribution < 1.29 is 8.81 Å². The summed E-state index contributed by atoms with van der Waals surface area (Å²) >= 11 is 2.17. The highest BCUT2D eigenvalue weighted by Gasteiger charge is 2.17. The van der Waals surface area contributed by atoms with Gasteiger partial charge in [0.2, 0.25) is 0 Å². The van der Waals surface area contributed by atoms with Gasteiger partial charge in [-0.1, -0.05) is 13.0 Å². The van der Waals surface area contributed by atoms with Crippen LogP contribution in [0.3, 0.4) is 0 Å². The van der Waals surface area contributed by atoms with Crippen LogP contribution in [0.15, 0.2) is 41.2 Å². The minimum absolute atomic E-state index is 0.0520. The lowest BCUT2D eigenvalue weighted by Crippen LogP contribution is -2.23. The van der Waals surface area contributed by atoms with Gasteiger partial charge in [0.05, 0.1) is 18.6 Å². The number of benzene rings is 1. The fourth-order valence-corrected chi connectivity index (χ4v) is 2.66. The van der Waals surface area contributed by atoms with Crippen molar-refractivity contribution >= 4 is 22.6 Å². The summed E-state index contributed by atoms with van der Waals surface area (Å²) in [5.41, 5.74) is 2.14. The highest BCUT2D eigenvalue weighted by atomic mass is 127. The lowest BCUT2D eigenvalue weighted by atomic mass is 10.0. The van der Waals surface area contributed by atoms with Crippen LogP contribution >= 0.6 is 22.6 Å². The Morgan fingerprint density at radius 2 is 2.22 bits per heavy atom. The molecule has 0 radical (unpaired) electrons. The summed E-state index contributed by atoms with van der Waals surface area (Å²) < 4.78 is 19.2. The second-order valence-electron chi connectivity index (χ2n) is 4.11. The maximum atomic E-state index is 13.2. The first-order valence-corrected chi connectivity index (χ1v) is 7.00. The summed E-state index contributed by atoms with van der Waals surface area (Å²) in [6.07, 6.45) is 4.44. The molecule has 0 amide bonds. The number of hydrogen-bond donors (Lipinski definition) is 1. The van der Waals surface area contributed by atoms with Gasteiger partial charge in [0, 0.05) is 9.13 Å². The van der Waals surface area contributed by atoms with Crippen LogP contribution in [-0.4, -0.2) is 6.54 Å². The third kappa shape index (κ3) is 3.11. The molecule has 0 aliphatic carbocycles. The quantitative estimate of drug-likeness (QED) is 0.813. The molecular formula is C14H15FINO. The van der Waals surface area contributed by atoms with Crippen molar-refractivity contribution in [1.82, 2.24) is 5.32 Å². The average Bonchev–Trinajstić information content (AvgIpc) is 2.85. The standard InChI is InChI=1S/C14H15FINO/c1-2-6-17-14(10-5-7-18-9-10)12-4-3-11(15)8-13(12)16/h3-5,7-9,14,17H,2,6H2,1H3. The van der Waals surface area contributed by atoms with E-state index in [0.29, 0.717) is 0 Å². The highest BCUT2D eigenvalue weighted by Crippen LogP contribution is 2.27. The van der Waals surface area contributed by atoms with Gasteiger partial charge in [-0.25, -0.2) is 4.39 Å². The second-order valence-corrected chi connectivity index (χ2v) is 5.27. The Bertz CT molecular complexity index is 499. The first-order chi connectivity index (χ1) is 8.72. The van der Waals surface area contributed by atoms with Crippen LogP contribution < -0.4 is 5.32 Å². The maximum Gasteiger partial charge on any atom is 0.124 e. The van der Waals surface area contributed by atoms with E-state index in [1.54, 1.807) is 18.6 Å². The molecule has 0 fully saturated rings.